The first-order valence-corrected chi connectivity index (χ1v) is 5.03. The van der Waals surface area contributed by atoms with Crippen molar-refractivity contribution in [2.24, 2.45) is 5.41 Å². The van der Waals surface area contributed by atoms with E-state index in [1.165, 1.54) is 32.2 Å². The van der Waals surface area contributed by atoms with Crippen molar-refractivity contribution in [2.75, 3.05) is 6.54 Å². The molecule has 0 saturated carbocycles. The maximum Gasteiger partial charge on any atom is 0.310 e. The Morgan fingerprint density at radius 2 is 2.06 bits per heavy atom. The molecule has 92 valence electrons. The second kappa shape index (κ2) is 4.82. The van der Waals surface area contributed by atoms with Crippen molar-refractivity contribution >= 4 is 11.9 Å². The molecular weight excluding hydrogens is 224 g/mol. The number of rotatable bonds is 4. The zero-order chi connectivity index (χ0) is 13.1. The summed E-state index contributed by atoms with van der Waals surface area (Å²) >= 11 is 0. The molecule has 0 radical (unpaired) electrons. The van der Waals surface area contributed by atoms with Crippen LogP contribution in [0.25, 0.3) is 0 Å². The number of carbonyl (C=O) groups is 2. The van der Waals surface area contributed by atoms with Crippen molar-refractivity contribution in [1.82, 2.24) is 10.3 Å². The van der Waals surface area contributed by atoms with Gasteiger partial charge in [-0.15, -0.1) is 0 Å². The van der Waals surface area contributed by atoms with Crippen LogP contribution in [0.4, 0.5) is 0 Å². The maximum atomic E-state index is 11.6. The largest absolute Gasteiger partial charge is 0.481 e. The van der Waals surface area contributed by atoms with Crippen LogP contribution < -0.4 is 10.9 Å². The Bertz CT molecular complexity index is 470. The third-order valence-electron chi connectivity index (χ3n) is 2.32. The molecule has 6 nitrogen and oxygen atoms in total. The number of carboxylic acid groups (broad SMARTS) is 1. The van der Waals surface area contributed by atoms with Crippen LogP contribution in [0, 0.1) is 5.41 Å². The average Bonchev–Trinajstić information content (AvgIpc) is 2.27. The van der Waals surface area contributed by atoms with Gasteiger partial charge >= 0.3 is 5.97 Å². The van der Waals surface area contributed by atoms with Crippen LogP contribution in [0.1, 0.15) is 24.2 Å². The van der Waals surface area contributed by atoms with E-state index in [9.17, 15) is 14.4 Å². The molecule has 0 aliphatic heterocycles. The second-order valence-electron chi connectivity index (χ2n) is 4.31. The van der Waals surface area contributed by atoms with Gasteiger partial charge in [0.25, 0.3) is 5.91 Å². The van der Waals surface area contributed by atoms with Crippen LogP contribution in [-0.4, -0.2) is 28.5 Å². The van der Waals surface area contributed by atoms with Crippen molar-refractivity contribution in [1.29, 1.82) is 0 Å². The van der Waals surface area contributed by atoms with E-state index in [0.29, 0.717) is 0 Å². The van der Waals surface area contributed by atoms with E-state index in [1.54, 1.807) is 0 Å². The number of pyridine rings is 1. The molecule has 0 aliphatic rings. The third kappa shape index (κ3) is 3.44. The predicted molar refractivity (Wildman–Crippen MR) is 60.8 cm³/mol. The van der Waals surface area contributed by atoms with Gasteiger partial charge in [0.15, 0.2) is 0 Å². The lowest BCUT2D eigenvalue weighted by molar-refractivity contribution is -0.146. The molecule has 3 N–H and O–H groups in total. The minimum atomic E-state index is -1.03. The van der Waals surface area contributed by atoms with Crippen LogP contribution in [0.15, 0.2) is 23.1 Å². The van der Waals surface area contributed by atoms with E-state index in [4.69, 9.17) is 5.11 Å². The molecule has 0 aliphatic carbocycles. The average molecular weight is 238 g/mol. The minimum Gasteiger partial charge on any atom is -0.481 e. The van der Waals surface area contributed by atoms with Crippen molar-refractivity contribution < 1.29 is 14.7 Å². The molecule has 1 aromatic heterocycles. The molecule has 0 unspecified atom stereocenters. The molecule has 0 aromatic carbocycles. The molecule has 0 atom stereocenters. The lowest BCUT2D eigenvalue weighted by Crippen LogP contribution is -2.39. The Morgan fingerprint density at radius 1 is 1.41 bits per heavy atom. The first kappa shape index (κ1) is 13.0. The second-order valence-corrected chi connectivity index (χ2v) is 4.31. The van der Waals surface area contributed by atoms with Crippen molar-refractivity contribution in [3.63, 3.8) is 0 Å². The number of nitrogens with one attached hydrogen (secondary N) is 2. The summed E-state index contributed by atoms with van der Waals surface area (Å²) in [7, 11) is 0. The molecule has 0 bridgehead atoms. The van der Waals surface area contributed by atoms with Crippen LogP contribution in [0.2, 0.25) is 0 Å². The SMILES string of the molecule is CC(C)(CNC(=O)c1ccc(=O)[nH]c1)C(=O)O. The Kier molecular flexibility index (Phi) is 3.67. The van der Waals surface area contributed by atoms with E-state index >= 15 is 0 Å². The summed E-state index contributed by atoms with van der Waals surface area (Å²) in [6.07, 6.45) is 1.28. The van der Waals surface area contributed by atoms with Crippen LogP contribution in [-0.2, 0) is 4.79 Å². The fraction of sp³-hybridized carbons (Fsp3) is 0.364. The number of aliphatic carboxylic acids is 1. The highest BCUT2D eigenvalue weighted by molar-refractivity contribution is 5.94. The van der Waals surface area contributed by atoms with Crippen molar-refractivity contribution in [2.45, 2.75) is 13.8 Å². The Labute approximate surface area is 97.7 Å². The molecule has 0 saturated heterocycles. The van der Waals surface area contributed by atoms with E-state index in [0.717, 1.165) is 0 Å². The topological polar surface area (TPSA) is 99.3 Å². The quantitative estimate of drug-likeness (QED) is 0.698. The highest BCUT2D eigenvalue weighted by Gasteiger charge is 2.27. The third-order valence-corrected chi connectivity index (χ3v) is 2.32. The van der Waals surface area contributed by atoms with Crippen LogP contribution in [0.5, 0.6) is 0 Å². The standard InChI is InChI=1S/C11H14N2O4/c1-11(2,10(16)17)6-13-9(15)7-3-4-8(14)12-5-7/h3-5H,6H2,1-2H3,(H,12,14)(H,13,15)(H,16,17). The van der Waals surface area contributed by atoms with Gasteiger partial charge in [0.05, 0.1) is 11.0 Å². The van der Waals surface area contributed by atoms with E-state index in [2.05, 4.69) is 10.3 Å². The number of aromatic amines is 1. The number of carbonyl (C=O) groups excluding carboxylic acids is 1. The van der Waals surface area contributed by atoms with Gasteiger partial charge in [-0.05, 0) is 19.9 Å². The lowest BCUT2D eigenvalue weighted by Gasteiger charge is -2.19. The molecule has 1 heterocycles. The fourth-order valence-electron chi connectivity index (χ4n) is 1.03. The smallest absolute Gasteiger partial charge is 0.310 e. The molecule has 0 spiro atoms. The van der Waals surface area contributed by atoms with Crippen molar-refractivity contribution in [3.8, 4) is 0 Å². The van der Waals surface area contributed by atoms with Gasteiger partial charge in [-0.3, -0.25) is 14.4 Å². The maximum absolute atomic E-state index is 11.6. The molecule has 1 rings (SSSR count). The first-order valence-electron chi connectivity index (χ1n) is 5.03. The molecule has 0 fully saturated rings. The molecule has 1 amide bonds. The van der Waals surface area contributed by atoms with Gasteiger partial charge in [-0.25, -0.2) is 0 Å². The molecule has 1 aromatic rings. The summed E-state index contributed by atoms with van der Waals surface area (Å²) in [5.41, 5.74) is -1.05. The van der Waals surface area contributed by atoms with Gasteiger partial charge in [0.1, 0.15) is 0 Å². The van der Waals surface area contributed by atoms with E-state index in [-0.39, 0.29) is 17.7 Å². The van der Waals surface area contributed by atoms with Gasteiger partial charge in [-0.1, -0.05) is 0 Å². The minimum absolute atomic E-state index is 0.0142. The molecule has 6 heteroatoms. The molecule has 17 heavy (non-hydrogen) atoms. The Morgan fingerprint density at radius 3 is 2.53 bits per heavy atom. The van der Waals surface area contributed by atoms with E-state index in [1.807, 2.05) is 0 Å². The Hall–Kier alpha value is -2.11. The number of aromatic nitrogens is 1. The summed E-state index contributed by atoms with van der Waals surface area (Å²) in [6, 6.07) is 2.61. The summed E-state index contributed by atoms with van der Waals surface area (Å²) in [4.78, 5) is 35.6. The number of carboxylic acids is 1. The lowest BCUT2D eigenvalue weighted by atomic mass is 9.94. The van der Waals surface area contributed by atoms with Gasteiger partial charge < -0.3 is 15.4 Å². The predicted octanol–water partition coefficient (Wildman–Crippen LogP) is 0.215. The fourth-order valence-corrected chi connectivity index (χ4v) is 1.03. The first-order chi connectivity index (χ1) is 7.83. The van der Waals surface area contributed by atoms with Gasteiger partial charge in [0, 0.05) is 18.8 Å². The zero-order valence-corrected chi connectivity index (χ0v) is 9.61. The molecular formula is C11H14N2O4. The highest BCUT2D eigenvalue weighted by Crippen LogP contribution is 2.13. The van der Waals surface area contributed by atoms with Gasteiger partial charge in [0.2, 0.25) is 5.56 Å². The number of amides is 1. The summed E-state index contributed by atoms with van der Waals surface area (Å²) < 4.78 is 0. The number of hydrogen-bond acceptors (Lipinski definition) is 3. The Balaban J connectivity index is 2.65. The summed E-state index contributed by atoms with van der Waals surface area (Å²) in [5.74, 6) is -1.41. The van der Waals surface area contributed by atoms with Crippen molar-refractivity contribution in [3.05, 3.63) is 34.2 Å². The summed E-state index contributed by atoms with van der Waals surface area (Å²) in [5, 5.41) is 11.4. The van der Waals surface area contributed by atoms with E-state index < -0.39 is 17.3 Å². The van der Waals surface area contributed by atoms with Crippen LogP contribution in [0.3, 0.4) is 0 Å². The monoisotopic (exact) mass is 238 g/mol. The van der Waals surface area contributed by atoms with Crippen LogP contribution >= 0.6 is 0 Å². The number of H-pyrrole nitrogens is 1. The van der Waals surface area contributed by atoms with Gasteiger partial charge in [-0.2, -0.15) is 0 Å². The highest BCUT2D eigenvalue weighted by atomic mass is 16.4. The normalized spacial score (nSPS) is 10.9. The summed E-state index contributed by atoms with van der Waals surface area (Å²) in [6.45, 7) is 3.05. The number of hydrogen-bond donors (Lipinski definition) is 3. The zero-order valence-electron chi connectivity index (χ0n) is 9.61.